The zero-order valence-electron chi connectivity index (χ0n) is 12.1. The average molecular weight is 327 g/mol. The molecule has 0 atom stereocenters. The summed E-state index contributed by atoms with van der Waals surface area (Å²) >= 11 is 0. The Morgan fingerprint density at radius 1 is 1.17 bits per heavy atom. The molecule has 0 heterocycles. The number of methoxy groups -OCH3 is 1. The Labute approximate surface area is 129 Å². The van der Waals surface area contributed by atoms with Crippen LogP contribution in [0, 0.1) is 5.82 Å². The number of halogens is 4. The number of benzene rings is 2. The van der Waals surface area contributed by atoms with Gasteiger partial charge in [-0.05, 0) is 29.8 Å². The van der Waals surface area contributed by atoms with Crippen LogP contribution in [0.4, 0.5) is 17.6 Å². The molecule has 2 aromatic carbocycles. The molecule has 0 saturated heterocycles. The summed E-state index contributed by atoms with van der Waals surface area (Å²) in [5.41, 5.74) is -0.750. The minimum Gasteiger partial charge on any atom is -0.497 e. The molecule has 0 saturated carbocycles. The molecule has 7 heteroatoms. The molecule has 0 aliphatic rings. The number of hydrogen-bond donors (Lipinski definition) is 1. The van der Waals surface area contributed by atoms with Gasteiger partial charge in [-0.2, -0.15) is 13.2 Å². The lowest BCUT2D eigenvalue weighted by atomic mass is 10.1. The number of ether oxygens (including phenoxy) is 1. The molecule has 2 aromatic rings. The molecule has 1 N–H and O–H groups in total. The van der Waals surface area contributed by atoms with Crippen molar-refractivity contribution in [3.8, 4) is 5.75 Å². The fourth-order valence-corrected chi connectivity index (χ4v) is 1.94. The summed E-state index contributed by atoms with van der Waals surface area (Å²) in [6.45, 7) is -0.145. The molecule has 0 spiro atoms. The molecular weight excluding hydrogens is 314 g/mol. The van der Waals surface area contributed by atoms with Gasteiger partial charge in [-0.3, -0.25) is 4.79 Å². The predicted octanol–water partition coefficient (Wildman–Crippen LogP) is 3.78. The van der Waals surface area contributed by atoms with E-state index in [0.29, 0.717) is 0 Å². The van der Waals surface area contributed by atoms with Crippen LogP contribution in [-0.2, 0) is 12.7 Å². The van der Waals surface area contributed by atoms with Gasteiger partial charge in [0, 0.05) is 12.6 Å². The Hall–Kier alpha value is -2.57. The third-order valence-electron chi connectivity index (χ3n) is 3.13. The molecular formula is C16H13F4NO2. The van der Waals surface area contributed by atoms with Crippen molar-refractivity contribution in [2.24, 2.45) is 0 Å². The summed E-state index contributed by atoms with van der Waals surface area (Å²) in [6.07, 6.45) is -4.46. The van der Waals surface area contributed by atoms with Gasteiger partial charge in [0.15, 0.2) is 0 Å². The summed E-state index contributed by atoms with van der Waals surface area (Å²) < 4.78 is 56.4. The van der Waals surface area contributed by atoms with Gasteiger partial charge in [-0.15, -0.1) is 0 Å². The highest BCUT2D eigenvalue weighted by atomic mass is 19.4. The van der Waals surface area contributed by atoms with E-state index < -0.39 is 23.5 Å². The van der Waals surface area contributed by atoms with Crippen molar-refractivity contribution in [3.63, 3.8) is 0 Å². The van der Waals surface area contributed by atoms with E-state index in [-0.39, 0.29) is 23.4 Å². The van der Waals surface area contributed by atoms with Gasteiger partial charge < -0.3 is 10.1 Å². The summed E-state index contributed by atoms with van der Waals surface area (Å²) in [4.78, 5) is 11.9. The van der Waals surface area contributed by atoms with E-state index in [2.05, 4.69) is 5.32 Å². The first-order chi connectivity index (χ1) is 10.8. The number of alkyl halides is 3. The highest BCUT2D eigenvalue weighted by molar-refractivity contribution is 5.94. The SMILES string of the molecule is COc1ccc(C(=O)NCc2cccc(C(F)(F)F)c2)c(F)c1. The van der Waals surface area contributed by atoms with E-state index >= 15 is 0 Å². The molecule has 0 fully saturated rings. The van der Waals surface area contributed by atoms with Crippen LogP contribution < -0.4 is 10.1 Å². The fraction of sp³-hybridized carbons (Fsp3) is 0.188. The number of nitrogens with one attached hydrogen (secondary N) is 1. The Kier molecular flexibility index (Phi) is 4.88. The maximum absolute atomic E-state index is 13.7. The first-order valence-corrected chi connectivity index (χ1v) is 6.59. The third kappa shape index (κ3) is 4.21. The highest BCUT2D eigenvalue weighted by Crippen LogP contribution is 2.29. The van der Waals surface area contributed by atoms with E-state index in [9.17, 15) is 22.4 Å². The maximum atomic E-state index is 13.7. The Morgan fingerprint density at radius 3 is 2.52 bits per heavy atom. The van der Waals surface area contributed by atoms with Crippen LogP contribution in [-0.4, -0.2) is 13.0 Å². The topological polar surface area (TPSA) is 38.3 Å². The van der Waals surface area contributed by atoms with Crippen LogP contribution in [0.25, 0.3) is 0 Å². The smallest absolute Gasteiger partial charge is 0.416 e. The maximum Gasteiger partial charge on any atom is 0.416 e. The van der Waals surface area contributed by atoms with Crippen molar-refractivity contribution >= 4 is 5.91 Å². The molecule has 0 radical (unpaired) electrons. The molecule has 0 bridgehead atoms. The van der Waals surface area contributed by atoms with Crippen molar-refractivity contribution in [1.82, 2.24) is 5.32 Å². The minimum atomic E-state index is -4.46. The van der Waals surface area contributed by atoms with Crippen LogP contribution in [0.1, 0.15) is 21.5 Å². The molecule has 1 amide bonds. The molecule has 3 nitrogen and oxygen atoms in total. The third-order valence-corrected chi connectivity index (χ3v) is 3.13. The van der Waals surface area contributed by atoms with Crippen molar-refractivity contribution in [1.29, 1.82) is 0 Å². The van der Waals surface area contributed by atoms with Gasteiger partial charge in [0.1, 0.15) is 11.6 Å². The van der Waals surface area contributed by atoms with Crippen molar-refractivity contribution in [3.05, 3.63) is 65.0 Å². The number of rotatable bonds is 4. The summed E-state index contributed by atoms with van der Waals surface area (Å²) in [5, 5.41) is 2.39. The first kappa shape index (κ1) is 16.8. The number of amides is 1. The lowest BCUT2D eigenvalue weighted by Crippen LogP contribution is -2.24. The van der Waals surface area contributed by atoms with Gasteiger partial charge in [-0.1, -0.05) is 12.1 Å². The quantitative estimate of drug-likeness (QED) is 0.868. The van der Waals surface area contributed by atoms with Crippen LogP contribution >= 0.6 is 0 Å². The Bertz CT molecular complexity index is 713. The first-order valence-electron chi connectivity index (χ1n) is 6.59. The van der Waals surface area contributed by atoms with Crippen LogP contribution in [0.2, 0.25) is 0 Å². The van der Waals surface area contributed by atoms with E-state index in [1.165, 1.54) is 31.4 Å². The lowest BCUT2D eigenvalue weighted by molar-refractivity contribution is -0.137. The van der Waals surface area contributed by atoms with Crippen molar-refractivity contribution in [2.45, 2.75) is 12.7 Å². The average Bonchev–Trinajstić information content (AvgIpc) is 2.52. The minimum absolute atomic E-state index is 0.145. The van der Waals surface area contributed by atoms with Crippen LogP contribution in [0.3, 0.4) is 0 Å². The zero-order chi connectivity index (χ0) is 17.0. The van der Waals surface area contributed by atoms with Gasteiger partial charge >= 0.3 is 6.18 Å². The fourth-order valence-electron chi connectivity index (χ4n) is 1.94. The predicted molar refractivity (Wildman–Crippen MR) is 75.6 cm³/mol. The molecule has 0 aliphatic heterocycles. The number of carbonyl (C=O) groups is 1. The van der Waals surface area contributed by atoms with Gasteiger partial charge in [0.2, 0.25) is 0 Å². The second-order valence-electron chi connectivity index (χ2n) is 4.73. The van der Waals surface area contributed by atoms with Crippen LogP contribution in [0.5, 0.6) is 5.75 Å². The standard InChI is InChI=1S/C16H13F4NO2/c1-23-12-5-6-13(14(17)8-12)15(22)21-9-10-3-2-4-11(7-10)16(18,19)20/h2-8H,9H2,1H3,(H,21,22). The molecule has 0 aliphatic carbocycles. The Morgan fingerprint density at radius 2 is 1.91 bits per heavy atom. The van der Waals surface area contributed by atoms with E-state index in [1.54, 1.807) is 0 Å². The van der Waals surface area contributed by atoms with Crippen molar-refractivity contribution < 1.29 is 27.1 Å². The largest absolute Gasteiger partial charge is 0.497 e. The zero-order valence-corrected chi connectivity index (χ0v) is 12.1. The highest BCUT2D eigenvalue weighted by Gasteiger charge is 2.30. The van der Waals surface area contributed by atoms with Gasteiger partial charge in [0.05, 0.1) is 18.2 Å². The normalized spacial score (nSPS) is 11.2. The molecule has 0 aromatic heterocycles. The molecule has 23 heavy (non-hydrogen) atoms. The van der Waals surface area contributed by atoms with E-state index in [4.69, 9.17) is 4.74 Å². The number of carbonyl (C=O) groups excluding carboxylic acids is 1. The Balaban J connectivity index is 2.08. The molecule has 122 valence electrons. The lowest BCUT2D eigenvalue weighted by Gasteiger charge is -2.10. The second kappa shape index (κ2) is 6.68. The van der Waals surface area contributed by atoms with Gasteiger partial charge in [-0.25, -0.2) is 4.39 Å². The summed E-state index contributed by atoms with van der Waals surface area (Å²) in [5.74, 6) is -1.23. The van der Waals surface area contributed by atoms with E-state index in [1.807, 2.05) is 0 Å². The van der Waals surface area contributed by atoms with E-state index in [0.717, 1.165) is 18.2 Å². The monoisotopic (exact) mass is 327 g/mol. The molecule has 0 unspecified atom stereocenters. The molecule has 2 rings (SSSR count). The van der Waals surface area contributed by atoms with Gasteiger partial charge in [0.25, 0.3) is 5.91 Å². The summed E-state index contributed by atoms with van der Waals surface area (Å²) in [7, 11) is 1.36. The summed E-state index contributed by atoms with van der Waals surface area (Å²) in [6, 6.07) is 8.29. The second-order valence-corrected chi connectivity index (χ2v) is 4.73. The van der Waals surface area contributed by atoms with Crippen LogP contribution in [0.15, 0.2) is 42.5 Å². The number of hydrogen-bond acceptors (Lipinski definition) is 2. The van der Waals surface area contributed by atoms with Crippen molar-refractivity contribution in [2.75, 3.05) is 7.11 Å².